The lowest BCUT2D eigenvalue weighted by Gasteiger charge is -2.20. The molecule has 0 fully saturated rings. The number of para-hydroxylation sites is 3. The summed E-state index contributed by atoms with van der Waals surface area (Å²) >= 11 is 0. The summed E-state index contributed by atoms with van der Waals surface area (Å²) in [7, 11) is 0. The quantitative estimate of drug-likeness (QED) is 0.198. The van der Waals surface area contributed by atoms with E-state index < -0.39 is 0 Å². The zero-order valence-corrected chi connectivity index (χ0v) is 24.8. The molecule has 8 rings (SSSR count). The molecular formula is C40H30N2O2. The Labute approximate surface area is 255 Å². The van der Waals surface area contributed by atoms with Gasteiger partial charge in [0.25, 0.3) is 0 Å². The first-order valence-corrected chi connectivity index (χ1v) is 14.9. The number of hydrogen-bond acceptors (Lipinski definition) is 4. The normalized spacial score (nSPS) is 12.3. The predicted octanol–water partition coefficient (Wildman–Crippen LogP) is 11.3. The number of aromatic nitrogens is 1. The number of fused-ring (bicyclic) bond motifs is 5. The molecule has 0 aliphatic carbocycles. The average Bonchev–Trinajstić information content (AvgIpc) is 3.65. The minimum atomic E-state index is -0.0989. The van der Waals surface area contributed by atoms with E-state index in [2.05, 4.69) is 99.6 Å². The minimum Gasteiger partial charge on any atom is -0.455 e. The number of aliphatic imine (C=N–C) groups is 1. The zero-order valence-electron chi connectivity index (χ0n) is 24.8. The monoisotopic (exact) mass is 570 g/mol. The van der Waals surface area contributed by atoms with E-state index >= 15 is 0 Å². The molecular weight excluding hydrogens is 540 g/mol. The van der Waals surface area contributed by atoms with Crippen LogP contribution in [0, 0.1) is 0 Å². The van der Waals surface area contributed by atoms with Crippen molar-refractivity contribution in [3.8, 4) is 22.6 Å². The van der Waals surface area contributed by atoms with Gasteiger partial charge in [0.05, 0.1) is 11.3 Å². The molecule has 0 saturated heterocycles. The van der Waals surface area contributed by atoms with Crippen molar-refractivity contribution < 1.29 is 8.83 Å². The molecule has 2 aromatic heterocycles. The van der Waals surface area contributed by atoms with Gasteiger partial charge in [-0.3, -0.25) is 4.99 Å². The third-order valence-electron chi connectivity index (χ3n) is 8.36. The van der Waals surface area contributed by atoms with Crippen molar-refractivity contribution in [2.24, 2.45) is 4.99 Å². The topological polar surface area (TPSA) is 51.5 Å². The van der Waals surface area contributed by atoms with E-state index in [1.165, 1.54) is 5.39 Å². The van der Waals surface area contributed by atoms with Crippen LogP contribution in [0.5, 0.6) is 0 Å². The summed E-state index contributed by atoms with van der Waals surface area (Å²) in [6.07, 6.45) is 1.93. The second-order valence-electron chi connectivity index (χ2n) is 12.3. The van der Waals surface area contributed by atoms with Crippen LogP contribution in [0.4, 0.5) is 5.69 Å². The van der Waals surface area contributed by atoms with Crippen LogP contribution < -0.4 is 0 Å². The van der Waals surface area contributed by atoms with Gasteiger partial charge < -0.3 is 8.83 Å². The molecule has 212 valence electrons. The van der Waals surface area contributed by atoms with Crippen LogP contribution in [-0.4, -0.2) is 11.2 Å². The van der Waals surface area contributed by atoms with Crippen molar-refractivity contribution in [3.63, 3.8) is 0 Å². The maximum Gasteiger partial charge on any atom is 0.229 e. The molecule has 0 saturated carbocycles. The first-order chi connectivity index (χ1) is 21.4. The SMILES string of the molecule is CC(C)(C)c1cc(-c2cccc3c2oc2ccccc23)c2nc(-c3ccccc3N=Cc3cccc4ccccc34)oc2c1. The van der Waals surface area contributed by atoms with Crippen LogP contribution in [-0.2, 0) is 5.41 Å². The fraction of sp³-hybridized carbons (Fsp3) is 0.100. The summed E-state index contributed by atoms with van der Waals surface area (Å²) in [6, 6.07) is 41.5. The highest BCUT2D eigenvalue weighted by atomic mass is 16.3. The molecule has 0 atom stereocenters. The number of furan rings is 1. The lowest BCUT2D eigenvalue weighted by Crippen LogP contribution is -2.11. The first kappa shape index (κ1) is 26.2. The van der Waals surface area contributed by atoms with Crippen molar-refractivity contribution in [1.82, 2.24) is 4.98 Å². The van der Waals surface area contributed by atoms with E-state index in [-0.39, 0.29) is 5.41 Å². The first-order valence-electron chi connectivity index (χ1n) is 14.9. The lowest BCUT2D eigenvalue weighted by atomic mass is 9.85. The predicted molar refractivity (Wildman–Crippen MR) is 182 cm³/mol. The van der Waals surface area contributed by atoms with Gasteiger partial charge in [0.2, 0.25) is 5.89 Å². The molecule has 2 heterocycles. The molecule has 4 heteroatoms. The number of oxazole rings is 1. The fourth-order valence-corrected chi connectivity index (χ4v) is 6.01. The molecule has 0 aliphatic rings. The van der Waals surface area contributed by atoms with E-state index in [0.717, 1.165) is 71.9 Å². The fourth-order valence-electron chi connectivity index (χ4n) is 6.01. The molecule has 0 radical (unpaired) electrons. The van der Waals surface area contributed by atoms with E-state index in [1.54, 1.807) is 0 Å². The molecule has 0 unspecified atom stereocenters. The number of benzene rings is 6. The van der Waals surface area contributed by atoms with Crippen molar-refractivity contribution in [2.45, 2.75) is 26.2 Å². The maximum absolute atomic E-state index is 6.57. The van der Waals surface area contributed by atoms with E-state index in [9.17, 15) is 0 Å². The molecule has 0 spiro atoms. The molecule has 0 bridgehead atoms. The van der Waals surface area contributed by atoms with Crippen molar-refractivity contribution >= 4 is 55.7 Å². The Balaban J connectivity index is 1.31. The van der Waals surface area contributed by atoms with Crippen LogP contribution in [0.15, 0.2) is 135 Å². The highest BCUT2D eigenvalue weighted by molar-refractivity contribution is 6.11. The van der Waals surface area contributed by atoms with E-state index in [4.69, 9.17) is 18.8 Å². The Morgan fingerprint density at radius 1 is 0.614 bits per heavy atom. The summed E-state index contributed by atoms with van der Waals surface area (Å²) in [5.41, 5.74) is 9.01. The van der Waals surface area contributed by atoms with Crippen LogP contribution in [0.1, 0.15) is 31.9 Å². The Kier molecular flexibility index (Phi) is 5.98. The molecule has 44 heavy (non-hydrogen) atoms. The van der Waals surface area contributed by atoms with Gasteiger partial charge in [0.1, 0.15) is 16.7 Å². The summed E-state index contributed by atoms with van der Waals surface area (Å²) in [5, 5.41) is 4.54. The Morgan fingerprint density at radius 3 is 2.20 bits per heavy atom. The smallest absolute Gasteiger partial charge is 0.229 e. The Bertz CT molecular complexity index is 2380. The van der Waals surface area contributed by atoms with Crippen molar-refractivity contribution in [2.75, 3.05) is 0 Å². The van der Waals surface area contributed by atoms with Gasteiger partial charge in [-0.15, -0.1) is 0 Å². The highest BCUT2D eigenvalue weighted by Gasteiger charge is 2.23. The van der Waals surface area contributed by atoms with Crippen LogP contribution in [0.25, 0.3) is 66.4 Å². The minimum absolute atomic E-state index is 0.0989. The average molecular weight is 571 g/mol. The zero-order chi connectivity index (χ0) is 29.8. The summed E-state index contributed by atoms with van der Waals surface area (Å²) in [4.78, 5) is 10.1. The van der Waals surface area contributed by atoms with Gasteiger partial charge in [0.15, 0.2) is 5.58 Å². The summed E-state index contributed by atoms with van der Waals surface area (Å²) in [5.74, 6) is 0.537. The maximum atomic E-state index is 6.57. The Morgan fingerprint density at radius 2 is 1.32 bits per heavy atom. The molecule has 0 N–H and O–H groups in total. The number of nitrogens with zero attached hydrogens (tertiary/aromatic N) is 2. The van der Waals surface area contributed by atoms with Crippen LogP contribution in [0.3, 0.4) is 0 Å². The van der Waals surface area contributed by atoms with E-state index in [0.29, 0.717) is 5.89 Å². The summed E-state index contributed by atoms with van der Waals surface area (Å²) < 4.78 is 13.0. The lowest BCUT2D eigenvalue weighted by molar-refractivity contribution is 0.584. The van der Waals surface area contributed by atoms with Gasteiger partial charge >= 0.3 is 0 Å². The van der Waals surface area contributed by atoms with Gasteiger partial charge in [-0.1, -0.05) is 112 Å². The second kappa shape index (κ2) is 10.1. The van der Waals surface area contributed by atoms with Gasteiger partial charge in [0, 0.05) is 33.7 Å². The van der Waals surface area contributed by atoms with Crippen LogP contribution in [0.2, 0.25) is 0 Å². The standard InChI is InChI=1S/C40H30N2O2/c1-40(2,3)27-22-33(31-19-11-18-30-29-16-7-9-21-35(29)43-38(30)31)37-36(23-27)44-39(42-37)32-17-6-8-20-34(32)41-24-26-14-10-13-25-12-4-5-15-28(25)26/h4-24H,1-3H3. The molecule has 6 aromatic carbocycles. The molecule has 0 amide bonds. The van der Waals surface area contributed by atoms with Gasteiger partial charge in [-0.2, -0.15) is 0 Å². The highest BCUT2D eigenvalue weighted by Crippen LogP contribution is 2.42. The Hall–Kier alpha value is -5.48. The third-order valence-corrected chi connectivity index (χ3v) is 8.36. The number of rotatable bonds is 4. The van der Waals surface area contributed by atoms with Crippen molar-refractivity contribution in [1.29, 1.82) is 0 Å². The molecule has 0 aliphatic heterocycles. The number of hydrogen-bond donors (Lipinski definition) is 0. The third kappa shape index (κ3) is 4.38. The molecule has 4 nitrogen and oxygen atoms in total. The van der Waals surface area contributed by atoms with Gasteiger partial charge in [-0.05, 0) is 52.1 Å². The van der Waals surface area contributed by atoms with Gasteiger partial charge in [-0.25, -0.2) is 4.98 Å². The molecule has 8 aromatic rings. The van der Waals surface area contributed by atoms with Crippen LogP contribution >= 0.6 is 0 Å². The second-order valence-corrected chi connectivity index (χ2v) is 12.3. The van der Waals surface area contributed by atoms with E-state index in [1.807, 2.05) is 48.7 Å². The van der Waals surface area contributed by atoms with Crippen molar-refractivity contribution in [3.05, 3.63) is 132 Å². The summed E-state index contributed by atoms with van der Waals surface area (Å²) in [6.45, 7) is 6.65. The largest absolute Gasteiger partial charge is 0.455 e.